The maximum absolute atomic E-state index is 13.9. The Hall–Kier alpha value is -3.85. The van der Waals surface area contributed by atoms with Gasteiger partial charge in [-0.2, -0.15) is 0 Å². The molecule has 0 aliphatic heterocycles. The third-order valence-electron chi connectivity index (χ3n) is 9.05. The van der Waals surface area contributed by atoms with E-state index in [0.717, 1.165) is 39.0 Å². The van der Waals surface area contributed by atoms with Crippen LogP contribution in [-0.2, 0) is 14.9 Å². The Balaban J connectivity index is 1.88. The maximum atomic E-state index is 13.9. The van der Waals surface area contributed by atoms with Gasteiger partial charge in [-0.3, -0.25) is 4.79 Å². The van der Waals surface area contributed by atoms with E-state index in [4.69, 9.17) is 27.9 Å². The molecule has 4 heteroatoms. The summed E-state index contributed by atoms with van der Waals surface area (Å²) < 4.78 is 5.76. The molecule has 6 rings (SSSR count). The van der Waals surface area contributed by atoms with Gasteiger partial charge in [0.05, 0.1) is 18.4 Å². The predicted octanol–water partition coefficient (Wildman–Crippen LogP) is 10.9. The van der Waals surface area contributed by atoms with Crippen LogP contribution in [0.25, 0.3) is 11.1 Å². The van der Waals surface area contributed by atoms with Crippen molar-refractivity contribution in [2.24, 2.45) is 5.41 Å². The Labute approximate surface area is 270 Å². The second-order valence-electron chi connectivity index (χ2n) is 12.3. The lowest BCUT2D eigenvalue weighted by Crippen LogP contribution is -2.31. The Morgan fingerprint density at radius 2 is 1.27 bits per heavy atom. The summed E-state index contributed by atoms with van der Waals surface area (Å²) in [5.74, 6) is -0.219. The number of carbonyl (C=O) groups is 1. The number of rotatable bonds is 6. The molecule has 0 aromatic heterocycles. The monoisotopic (exact) mass is 618 g/mol. The summed E-state index contributed by atoms with van der Waals surface area (Å²) in [5, 5.41) is 1.34. The van der Waals surface area contributed by atoms with E-state index < -0.39 is 10.8 Å². The Morgan fingerprint density at radius 3 is 1.82 bits per heavy atom. The molecule has 44 heavy (non-hydrogen) atoms. The first-order valence-corrected chi connectivity index (χ1v) is 15.9. The lowest BCUT2D eigenvalue weighted by atomic mass is 9.68. The summed E-state index contributed by atoms with van der Waals surface area (Å²) >= 11 is 12.9. The van der Waals surface area contributed by atoms with Crippen LogP contribution in [0.5, 0.6) is 0 Å². The van der Waals surface area contributed by atoms with Gasteiger partial charge in [-0.1, -0.05) is 121 Å². The zero-order chi connectivity index (χ0) is 31.2. The molecule has 0 amide bonds. The summed E-state index contributed by atoms with van der Waals surface area (Å²) in [5.41, 5.74) is 11.3. The largest absolute Gasteiger partial charge is 0.466 e. The topological polar surface area (TPSA) is 26.3 Å². The summed E-state index contributed by atoms with van der Waals surface area (Å²) in [6.07, 6.45) is 0.184. The van der Waals surface area contributed by atoms with Crippen LogP contribution in [0.3, 0.4) is 0 Å². The van der Waals surface area contributed by atoms with Crippen LogP contribution in [0, 0.1) is 5.41 Å². The Bertz CT molecular complexity index is 1790. The molecule has 1 unspecified atom stereocenters. The molecule has 222 valence electrons. The minimum absolute atomic E-state index is 0.184. The van der Waals surface area contributed by atoms with E-state index >= 15 is 0 Å². The molecule has 4 aromatic rings. The first-order chi connectivity index (χ1) is 21.1. The number of ether oxygens (including phenoxy) is 1. The summed E-state index contributed by atoms with van der Waals surface area (Å²) in [7, 11) is 0. The van der Waals surface area contributed by atoms with Crippen molar-refractivity contribution in [3.63, 3.8) is 0 Å². The lowest BCUT2D eigenvalue weighted by Gasteiger charge is -2.33. The molecule has 0 heterocycles. The molecule has 0 N–H and O–H groups in total. The molecule has 1 saturated carbocycles. The normalized spacial score (nSPS) is 18.2. The van der Waals surface area contributed by atoms with Gasteiger partial charge in [0.15, 0.2) is 0 Å². The second kappa shape index (κ2) is 11.6. The van der Waals surface area contributed by atoms with Crippen LogP contribution in [0.4, 0.5) is 0 Å². The van der Waals surface area contributed by atoms with Crippen LogP contribution in [0.15, 0.2) is 125 Å². The van der Waals surface area contributed by atoms with Gasteiger partial charge in [-0.05, 0) is 101 Å². The van der Waals surface area contributed by atoms with Crippen molar-refractivity contribution in [3.8, 4) is 0 Å². The fourth-order valence-corrected chi connectivity index (χ4v) is 8.07. The number of hydrogen-bond donors (Lipinski definition) is 0. The van der Waals surface area contributed by atoms with Crippen molar-refractivity contribution < 1.29 is 9.53 Å². The molecule has 0 bridgehead atoms. The molecule has 2 aliphatic rings. The van der Waals surface area contributed by atoms with Gasteiger partial charge in [-0.25, -0.2) is 0 Å². The maximum Gasteiger partial charge on any atom is 0.307 e. The molecule has 1 fully saturated rings. The number of esters is 1. The first-order valence-electron chi connectivity index (χ1n) is 15.1. The fraction of sp³-hybridized carbons (Fsp3) is 0.225. The van der Waals surface area contributed by atoms with E-state index in [2.05, 4.69) is 100 Å². The number of carbonyl (C=O) groups excluding carboxylic acids is 1. The number of hydrogen-bond acceptors (Lipinski definition) is 2. The number of allylic oxidation sites excluding steroid dienone is 4. The van der Waals surface area contributed by atoms with E-state index in [9.17, 15) is 4.79 Å². The Morgan fingerprint density at radius 1 is 0.727 bits per heavy atom. The quantitative estimate of drug-likeness (QED) is 0.201. The fourth-order valence-electron chi connectivity index (χ4n) is 7.82. The predicted molar refractivity (Wildman–Crippen MR) is 183 cm³/mol. The number of halogens is 2. The number of benzene rings is 4. The minimum Gasteiger partial charge on any atom is -0.466 e. The summed E-state index contributed by atoms with van der Waals surface area (Å²) in [6.45, 7) is 11.2. The van der Waals surface area contributed by atoms with Crippen LogP contribution in [-0.4, -0.2) is 12.6 Å². The molecule has 0 spiro atoms. The van der Waals surface area contributed by atoms with Gasteiger partial charge in [-0.15, -0.1) is 0 Å². The Kier molecular flexibility index (Phi) is 7.94. The highest BCUT2D eigenvalue weighted by Crippen LogP contribution is 2.71. The van der Waals surface area contributed by atoms with E-state index in [1.807, 2.05) is 37.3 Å². The van der Waals surface area contributed by atoms with Crippen LogP contribution in [0.2, 0.25) is 10.0 Å². The molecule has 1 atom stereocenters. The second-order valence-corrected chi connectivity index (χ2v) is 13.2. The minimum atomic E-state index is -0.779. The molecular weight excluding hydrogens is 583 g/mol. The molecule has 2 aliphatic carbocycles. The lowest BCUT2D eigenvalue weighted by molar-refractivity contribution is -0.144. The zero-order valence-electron chi connectivity index (χ0n) is 25.8. The van der Waals surface area contributed by atoms with Crippen molar-refractivity contribution >= 4 is 40.3 Å². The highest BCUT2D eigenvalue weighted by Gasteiger charge is 2.62. The van der Waals surface area contributed by atoms with Crippen molar-refractivity contribution in [1.82, 2.24) is 0 Å². The highest BCUT2D eigenvalue weighted by atomic mass is 35.5. The average Bonchev–Trinajstić information content (AvgIpc) is 3.40. The molecule has 0 saturated heterocycles. The van der Waals surface area contributed by atoms with Gasteiger partial charge in [0, 0.05) is 15.5 Å². The van der Waals surface area contributed by atoms with E-state index in [1.165, 1.54) is 22.3 Å². The van der Waals surface area contributed by atoms with Gasteiger partial charge >= 0.3 is 5.97 Å². The first kappa shape index (κ1) is 30.2. The molecule has 2 nitrogen and oxygen atoms in total. The SMILES string of the molecule is CCOC(=O)CC12C(=C(c3ccc(Cl)cc3)c3ccc(Cl)cc3)C(=C(C)C)C(C)(C)C1=C(c1ccccc1)c1ccccc12. The molecule has 0 radical (unpaired) electrons. The van der Waals surface area contributed by atoms with Crippen LogP contribution < -0.4 is 0 Å². The van der Waals surface area contributed by atoms with Gasteiger partial charge in [0.25, 0.3) is 0 Å². The van der Waals surface area contributed by atoms with Crippen LogP contribution in [0.1, 0.15) is 68.9 Å². The van der Waals surface area contributed by atoms with E-state index in [0.29, 0.717) is 16.7 Å². The van der Waals surface area contributed by atoms with Gasteiger partial charge in [0.2, 0.25) is 0 Å². The van der Waals surface area contributed by atoms with Gasteiger partial charge < -0.3 is 4.74 Å². The van der Waals surface area contributed by atoms with Crippen molar-refractivity contribution in [2.45, 2.75) is 46.5 Å². The summed E-state index contributed by atoms with van der Waals surface area (Å²) in [4.78, 5) is 13.9. The molecular formula is C40H36Cl2O2. The summed E-state index contributed by atoms with van der Waals surface area (Å²) in [6, 6.07) is 35.2. The molecule has 4 aromatic carbocycles. The standard InChI is InChI=1S/C40H36Cl2O2/c1-6-44-33(43)24-40-32-15-11-10-14-31(32)35(26-12-8-7-9-13-26)38(40)39(4,5)36(25(2)3)37(40)34(27-16-20-29(41)21-17-27)28-18-22-30(42)23-19-28/h7-23H,6,24H2,1-5H3. The van der Waals surface area contributed by atoms with E-state index in [1.54, 1.807) is 0 Å². The van der Waals surface area contributed by atoms with Crippen molar-refractivity contribution in [1.29, 1.82) is 0 Å². The highest BCUT2D eigenvalue weighted by molar-refractivity contribution is 6.31. The third kappa shape index (κ3) is 4.76. The average molecular weight is 620 g/mol. The third-order valence-corrected chi connectivity index (χ3v) is 9.56. The van der Waals surface area contributed by atoms with Gasteiger partial charge in [0.1, 0.15) is 0 Å². The smallest absolute Gasteiger partial charge is 0.307 e. The van der Waals surface area contributed by atoms with Crippen molar-refractivity contribution in [3.05, 3.63) is 163 Å². The van der Waals surface area contributed by atoms with Crippen molar-refractivity contribution in [2.75, 3.05) is 6.61 Å². The van der Waals surface area contributed by atoms with Crippen LogP contribution >= 0.6 is 23.2 Å². The number of fused-ring (bicyclic) bond motifs is 3. The van der Waals surface area contributed by atoms with E-state index in [-0.39, 0.29) is 12.4 Å². The zero-order valence-corrected chi connectivity index (χ0v) is 27.3.